The summed E-state index contributed by atoms with van der Waals surface area (Å²) in [6.45, 7) is 0.999. The average Bonchev–Trinajstić information content (AvgIpc) is 3.34. The molecule has 0 bridgehead atoms. The van der Waals surface area contributed by atoms with Gasteiger partial charge in [0.05, 0.1) is 21.3 Å². The molecule has 10 heteroatoms. The average molecular weight is 460 g/mol. The summed E-state index contributed by atoms with van der Waals surface area (Å²) in [6.07, 6.45) is 2.73. The molecule has 0 saturated carbocycles. The van der Waals surface area contributed by atoms with Crippen molar-refractivity contribution < 1.29 is 27.0 Å². The third kappa shape index (κ3) is 4.15. The molecule has 2 heterocycles. The number of sulfonamides is 1. The van der Waals surface area contributed by atoms with Crippen LogP contribution in [0, 0.1) is 0 Å². The van der Waals surface area contributed by atoms with Gasteiger partial charge < -0.3 is 18.6 Å². The summed E-state index contributed by atoms with van der Waals surface area (Å²) in [4.78, 5) is 0.0882. The molecule has 0 N–H and O–H groups in total. The summed E-state index contributed by atoms with van der Waals surface area (Å²) < 4.78 is 49.8. The molecule has 1 saturated heterocycles. The third-order valence-corrected chi connectivity index (χ3v) is 7.32. The molecule has 1 aliphatic rings. The molecule has 0 spiro atoms. The number of hydrogen-bond acceptors (Lipinski definition) is 8. The van der Waals surface area contributed by atoms with Gasteiger partial charge in [-0.15, -0.1) is 10.2 Å². The molecule has 0 amide bonds. The summed E-state index contributed by atoms with van der Waals surface area (Å²) in [6, 6.07) is 10.1. The predicted octanol–water partition coefficient (Wildman–Crippen LogP) is 3.60. The van der Waals surface area contributed by atoms with E-state index in [9.17, 15) is 8.42 Å². The Morgan fingerprint density at radius 3 is 1.94 bits per heavy atom. The van der Waals surface area contributed by atoms with Crippen LogP contribution in [0.15, 0.2) is 45.7 Å². The lowest BCUT2D eigenvalue weighted by Gasteiger charge is -2.26. The zero-order valence-corrected chi connectivity index (χ0v) is 19.0. The summed E-state index contributed by atoms with van der Waals surface area (Å²) in [5.41, 5.74) is 1.14. The SMILES string of the molecule is COc1ccc(-c2nnc(-c3ccc(OC)c(S(=O)(=O)N4CCCCC4)c3)o2)cc1OC. The zero-order valence-electron chi connectivity index (χ0n) is 18.2. The normalized spacial score (nSPS) is 14.8. The largest absolute Gasteiger partial charge is 0.495 e. The molecule has 3 aromatic rings. The number of ether oxygens (including phenoxy) is 3. The molecule has 1 fully saturated rings. The Morgan fingerprint density at radius 2 is 1.34 bits per heavy atom. The van der Waals surface area contributed by atoms with Crippen LogP contribution in [0.3, 0.4) is 0 Å². The van der Waals surface area contributed by atoms with Crippen molar-refractivity contribution in [1.82, 2.24) is 14.5 Å². The molecule has 1 aliphatic heterocycles. The molecule has 9 nitrogen and oxygen atoms in total. The highest BCUT2D eigenvalue weighted by Crippen LogP contribution is 2.35. The molecule has 32 heavy (non-hydrogen) atoms. The van der Waals surface area contributed by atoms with Crippen LogP contribution in [-0.2, 0) is 10.0 Å². The monoisotopic (exact) mass is 459 g/mol. The Morgan fingerprint density at radius 1 is 0.781 bits per heavy atom. The van der Waals surface area contributed by atoms with Crippen molar-refractivity contribution in [3.8, 4) is 40.2 Å². The van der Waals surface area contributed by atoms with Gasteiger partial charge in [-0.25, -0.2) is 8.42 Å². The number of piperidine rings is 1. The van der Waals surface area contributed by atoms with Crippen LogP contribution < -0.4 is 14.2 Å². The van der Waals surface area contributed by atoms with Crippen molar-refractivity contribution in [3.05, 3.63) is 36.4 Å². The molecule has 4 rings (SSSR count). The molecule has 2 aromatic carbocycles. The Hall–Kier alpha value is -3.11. The second-order valence-electron chi connectivity index (χ2n) is 7.31. The Bertz CT molecular complexity index is 1200. The van der Waals surface area contributed by atoms with Crippen molar-refractivity contribution in [2.75, 3.05) is 34.4 Å². The molecular weight excluding hydrogens is 434 g/mol. The second kappa shape index (κ2) is 9.17. The van der Waals surface area contributed by atoms with Gasteiger partial charge in [0.25, 0.3) is 0 Å². The zero-order chi connectivity index (χ0) is 22.7. The summed E-state index contributed by atoms with van der Waals surface area (Å²) in [7, 11) is 0.842. The number of nitrogens with zero attached hydrogens (tertiary/aromatic N) is 3. The first-order chi connectivity index (χ1) is 15.5. The molecule has 0 unspecified atom stereocenters. The maximum Gasteiger partial charge on any atom is 0.248 e. The standard InChI is InChI=1S/C22H25N3O6S/c1-28-17-9-7-15(13-19(17)30-3)21-23-24-22(31-21)16-8-10-18(29-2)20(14-16)32(26,27)25-11-5-4-6-12-25/h7-10,13-14H,4-6,11-12H2,1-3H3. The van der Waals surface area contributed by atoms with Gasteiger partial charge in [0.1, 0.15) is 10.6 Å². The van der Waals surface area contributed by atoms with E-state index < -0.39 is 10.0 Å². The van der Waals surface area contributed by atoms with E-state index >= 15 is 0 Å². The minimum Gasteiger partial charge on any atom is -0.495 e. The maximum absolute atomic E-state index is 13.3. The molecule has 0 atom stereocenters. The number of methoxy groups -OCH3 is 3. The van der Waals surface area contributed by atoms with Gasteiger partial charge in [0.2, 0.25) is 21.8 Å². The topological polar surface area (TPSA) is 104 Å². The number of benzene rings is 2. The van der Waals surface area contributed by atoms with Gasteiger partial charge in [-0.1, -0.05) is 6.42 Å². The first-order valence-electron chi connectivity index (χ1n) is 10.2. The fourth-order valence-electron chi connectivity index (χ4n) is 3.68. The van der Waals surface area contributed by atoms with Crippen LogP contribution in [-0.4, -0.2) is 57.3 Å². The highest BCUT2D eigenvalue weighted by molar-refractivity contribution is 7.89. The van der Waals surface area contributed by atoms with Gasteiger partial charge in [-0.2, -0.15) is 4.31 Å². The van der Waals surface area contributed by atoms with E-state index in [4.69, 9.17) is 18.6 Å². The summed E-state index contributed by atoms with van der Waals surface area (Å²) in [5, 5.41) is 8.23. The second-order valence-corrected chi connectivity index (χ2v) is 9.22. The Labute approximate surface area is 187 Å². The van der Waals surface area contributed by atoms with Gasteiger partial charge in [-0.05, 0) is 49.2 Å². The minimum atomic E-state index is -3.71. The van der Waals surface area contributed by atoms with Gasteiger partial charge in [0.15, 0.2) is 11.5 Å². The van der Waals surface area contributed by atoms with Crippen LogP contribution in [0.5, 0.6) is 17.2 Å². The van der Waals surface area contributed by atoms with Crippen molar-refractivity contribution in [2.45, 2.75) is 24.2 Å². The Kier molecular flexibility index (Phi) is 6.33. The fraction of sp³-hybridized carbons (Fsp3) is 0.364. The highest BCUT2D eigenvalue weighted by atomic mass is 32.2. The van der Waals surface area contributed by atoms with Crippen molar-refractivity contribution in [2.24, 2.45) is 0 Å². The molecule has 1 aromatic heterocycles. The first-order valence-corrected chi connectivity index (χ1v) is 11.7. The smallest absolute Gasteiger partial charge is 0.248 e. The van der Waals surface area contributed by atoms with Crippen LogP contribution in [0.4, 0.5) is 0 Å². The van der Waals surface area contributed by atoms with E-state index in [1.165, 1.54) is 17.5 Å². The number of aromatic nitrogens is 2. The van der Waals surface area contributed by atoms with Crippen molar-refractivity contribution in [1.29, 1.82) is 0 Å². The van der Waals surface area contributed by atoms with Gasteiger partial charge >= 0.3 is 0 Å². The van der Waals surface area contributed by atoms with E-state index in [1.807, 2.05) is 0 Å². The number of hydrogen-bond donors (Lipinski definition) is 0. The molecular formula is C22H25N3O6S. The van der Waals surface area contributed by atoms with E-state index in [-0.39, 0.29) is 22.4 Å². The minimum absolute atomic E-state index is 0.0882. The quantitative estimate of drug-likeness (QED) is 0.528. The molecule has 170 valence electrons. The van der Waals surface area contributed by atoms with E-state index in [2.05, 4.69) is 10.2 Å². The highest BCUT2D eigenvalue weighted by Gasteiger charge is 2.29. The van der Waals surface area contributed by atoms with E-state index in [0.717, 1.165) is 19.3 Å². The molecule has 0 aliphatic carbocycles. The first kappa shape index (κ1) is 22.1. The van der Waals surface area contributed by atoms with Crippen LogP contribution in [0.1, 0.15) is 19.3 Å². The third-order valence-electron chi connectivity index (χ3n) is 5.40. The lowest BCUT2D eigenvalue weighted by Crippen LogP contribution is -2.35. The van der Waals surface area contributed by atoms with Crippen LogP contribution in [0.2, 0.25) is 0 Å². The Balaban J connectivity index is 1.70. The van der Waals surface area contributed by atoms with Crippen LogP contribution >= 0.6 is 0 Å². The summed E-state index contributed by atoms with van der Waals surface area (Å²) >= 11 is 0. The van der Waals surface area contributed by atoms with E-state index in [0.29, 0.717) is 35.7 Å². The van der Waals surface area contributed by atoms with Gasteiger partial charge in [-0.3, -0.25) is 0 Å². The van der Waals surface area contributed by atoms with Crippen LogP contribution in [0.25, 0.3) is 22.9 Å². The van der Waals surface area contributed by atoms with Crippen molar-refractivity contribution >= 4 is 10.0 Å². The predicted molar refractivity (Wildman–Crippen MR) is 117 cm³/mol. The lowest BCUT2D eigenvalue weighted by atomic mass is 10.2. The number of rotatable bonds is 7. The maximum atomic E-state index is 13.3. The van der Waals surface area contributed by atoms with E-state index in [1.54, 1.807) is 44.6 Å². The van der Waals surface area contributed by atoms with Gasteiger partial charge in [0, 0.05) is 24.2 Å². The summed E-state index contributed by atoms with van der Waals surface area (Å²) in [5.74, 6) is 1.87. The fourth-order valence-corrected chi connectivity index (χ4v) is 5.38. The lowest BCUT2D eigenvalue weighted by molar-refractivity contribution is 0.343. The molecule has 0 radical (unpaired) electrons. The van der Waals surface area contributed by atoms with Crippen molar-refractivity contribution in [3.63, 3.8) is 0 Å².